The largest absolute Gasteiger partial charge is 0.508 e. The number of amides is 4. The standard InChI is InChI=1S/C43H58N6O4S/c1-8-21-49(43(52)46-31(2)23-34-19-22-54-30-34)29-39(48(5)6)26-33-10-9-11-35(24-33)36-14-17-41(53-7)37(27-36)18-20-44-42(51)45-28-38(47(3)4)25-32-12-15-40(50)16-13-32/h8-17,19,22,24,27,30-31,38-39,50H,1,18,20-21,23,25-26,28-29H2,2-7H3,(H,46,52)(H2,44,45,51)/t31-,38?,39?/m0/s1. The molecule has 10 nitrogen and oxygen atoms in total. The molecular formula is C43H58N6O4S. The summed E-state index contributed by atoms with van der Waals surface area (Å²) in [7, 11) is 9.76. The van der Waals surface area contributed by atoms with Gasteiger partial charge in [0.15, 0.2) is 0 Å². The van der Waals surface area contributed by atoms with Crippen LogP contribution in [0.5, 0.6) is 11.5 Å². The third-order valence-corrected chi connectivity index (χ3v) is 10.4. The molecule has 11 heteroatoms. The van der Waals surface area contributed by atoms with Crippen LogP contribution >= 0.6 is 11.3 Å². The molecule has 0 fully saturated rings. The Morgan fingerprint density at radius 3 is 2.26 bits per heavy atom. The smallest absolute Gasteiger partial charge is 0.317 e. The number of aromatic hydroxyl groups is 1. The number of phenols is 1. The molecule has 4 rings (SSSR count). The molecule has 0 aliphatic rings. The normalized spacial score (nSPS) is 12.9. The molecule has 3 aromatic carbocycles. The number of likely N-dealkylation sites (N-methyl/N-ethyl adjacent to an activating group) is 2. The minimum atomic E-state index is -0.220. The number of benzene rings is 3. The molecule has 2 unspecified atom stereocenters. The van der Waals surface area contributed by atoms with Gasteiger partial charge >= 0.3 is 12.1 Å². The van der Waals surface area contributed by atoms with Crippen LogP contribution in [0.4, 0.5) is 9.59 Å². The molecule has 0 aliphatic carbocycles. The number of methoxy groups -OCH3 is 1. The summed E-state index contributed by atoms with van der Waals surface area (Å²) in [6.07, 6.45) is 4.68. The van der Waals surface area contributed by atoms with E-state index in [1.165, 1.54) is 11.1 Å². The van der Waals surface area contributed by atoms with Gasteiger partial charge in [-0.3, -0.25) is 0 Å². The van der Waals surface area contributed by atoms with Crippen molar-refractivity contribution in [2.24, 2.45) is 0 Å². The third-order valence-electron chi connectivity index (χ3n) is 9.62. The van der Waals surface area contributed by atoms with Gasteiger partial charge < -0.3 is 40.5 Å². The summed E-state index contributed by atoms with van der Waals surface area (Å²) < 4.78 is 5.69. The Morgan fingerprint density at radius 2 is 1.59 bits per heavy atom. The molecule has 1 heterocycles. The van der Waals surface area contributed by atoms with Crippen molar-refractivity contribution in [2.45, 2.75) is 50.7 Å². The molecule has 0 bridgehead atoms. The molecule has 4 N–H and O–H groups in total. The van der Waals surface area contributed by atoms with Crippen LogP contribution in [0.2, 0.25) is 0 Å². The molecule has 290 valence electrons. The summed E-state index contributed by atoms with van der Waals surface area (Å²) in [5.41, 5.74) is 6.65. The van der Waals surface area contributed by atoms with Crippen LogP contribution in [0, 0.1) is 0 Å². The van der Waals surface area contributed by atoms with Gasteiger partial charge in [0.1, 0.15) is 11.5 Å². The SMILES string of the molecule is C=CCN(CC(Cc1cccc(-c2ccc(OC)c(CCNC(=O)NCC(Cc3ccc(O)cc3)N(C)C)c2)c1)N(C)C)C(=O)N[C@@H](C)Cc1ccsc1. The van der Waals surface area contributed by atoms with E-state index >= 15 is 0 Å². The molecular weight excluding hydrogens is 697 g/mol. The van der Waals surface area contributed by atoms with E-state index in [9.17, 15) is 14.7 Å². The number of hydrogen-bond acceptors (Lipinski definition) is 7. The zero-order chi connectivity index (χ0) is 39.0. The van der Waals surface area contributed by atoms with E-state index in [2.05, 4.69) is 99.6 Å². The molecule has 0 aliphatic heterocycles. The van der Waals surface area contributed by atoms with E-state index in [-0.39, 0.29) is 35.9 Å². The summed E-state index contributed by atoms with van der Waals surface area (Å²) in [5.74, 6) is 1.01. The molecule has 3 atom stereocenters. The van der Waals surface area contributed by atoms with Crippen molar-refractivity contribution < 1.29 is 19.4 Å². The first-order chi connectivity index (χ1) is 25.9. The second kappa shape index (κ2) is 21.2. The fourth-order valence-electron chi connectivity index (χ4n) is 6.41. The number of rotatable bonds is 20. The topological polar surface area (TPSA) is 109 Å². The summed E-state index contributed by atoms with van der Waals surface area (Å²) in [4.78, 5) is 32.3. The van der Waals surface area contributed by atoms with Crippen molar-refractivity contribution in [1.29, 1.82) is 0 Å². The summed E-state index contributed by atoms with van der Waals surface area (Å²) in [6, 6.07) is 23.9. The Hall–Kier alpha value is -4.84. The van der Waals surface area contributed by atoms with Crippen LogP contribution in [-0.2, 0) is 25.7 Å². The quantitative estimate of drug-likeness (QED) is 0.0774. The first-order valence-electron chi connectivity index (χ1n) is 18.5. The molecule has 4 amide bonds. The minimum Gasteiger partial charge on any atom is -0.508 e. The van der Waals surface area contributed by atoms with Crippen LogP contribution in [0.15, 0.2) is 96.2 Å². The van der Waals surface area contributed by atoms with Crippen LogP contribution < -0.4 is 20.7 Å². The van der Waals surface area contributed by atoms with E-state index in [1.54, 1.807) is 36.7 Å². The molecule has 0 saturated carbocycles. The monoisotopic (exact) mass is 754 g/mol. The number of nitrogens with one attached hydrogen (secondary N) is 3. The third kappa shape index (κ3) is 13.2. The summed E-state index contributed by atoms with van der Waals surface area (Å²) >= 11 is 1.67. The van der Waals surface area contributed by atoms with Gasteiger partial charge in [0.2, 0.25) is 0 Å². The highest BCUT2D eigenvalue weighted by Crippen LogP contribution is 2.28. The molecule has 4 aromatic rings. The lowest BCUT2D eigenvalue weighted by Crippen LogP contribution is -2.50. The van der Waals surface area contributed by atoms with Crippen LogP contribution in [0.1, 0.15) is 29.2 Å². The number of ether oxygens (including phenoxy) is 1. The Kier molecular flexibility index (Phi) is 16.4. The van der Waals surface area contributed by atoms with Crippen LogP contribution in [0.25, 0.3) is 11.1 Å². The molecule has 1 aromatic heterocycles. The van der Waals surface area contributed by atoms with Gasteiger partial charge in [0.25, 0.3) is 0 Å². The maximum absolute atomic E-state index is 13.4. The lowest BCUT2D eigenvalue weighted by molar-refractivity contribution is 0.174. The molecule has 0 spiro atoms. The Morgan fingerprint density at radius 1 is 0.870 bits per heavy atom. The van der Waals surface area contributed by atoms with E-state index in [1.807, 2.05) is 44.1 Å². The second-order valence-electron chi connectivity index (χ2n) is 14.3. The maximum Gasteiger partial charge on any atom is 0.317 e. The van der Waals surface area contributed by atoms with Gasteiger partial charge in [0.05, 0.1) is 7.11 Å². The molecule has 54 heavy (non-hydrogen) atoms. The number of nitrogens with zero attached hydrogens (tertiary/aromatic N) is 3. The highest BCUT2D eigenvalue weighted by atomic mass is 32.1. The second-order valence-corrected chi connectivity index (χ2v) is 15.1. The lowest BCUT2D eigenvalue weighted by atomic mass is 9.97. The number of urea groups is 2. The summed E-state index contributed by atoms with van der Waals surface area (Å²) in [6.45, 7) is 7.90. The fourth-order valence-corrected chi connectivity index (χ4v) is 7.09. The van der Waals surface area contributed by atoms with Gasteiger partial charge in [-0.1, -0.05) is 48.5 Å². The minimum absolute atomic E-state index is 0.0142. The van der Waals surface area contributed by atoms with Gasteiger partial charge in [-0.15, -0.1) is 6.58 Å². The summed E-state index contributed by atoms with van der Waals surface area (Å²) in [5, 5.41) is 23.0. The average molecular weight is 755 g/mol. The maximum atomic E-state index is 13.4. The number of carbonyl (C=O) groups excluding carboxylic acids is 2. The number of hydrogen-bond donors (Lipinski definition) is 4. The van der Waals surface area contributed by atoms with Crippen molar-refractivity contribution in [3.05, 3.63) is 118 Å². The highest BCUT2D eigenvalue weighted by Gasteiger charge is 2.22. The molecule has 0 saturated heterocycles. The van der Waals surface area contributed by atoms with Crippen molar-refractivity contribution in [2.75, 3.05) is 61.5 Å². The van der Waals surface area contributed by atoms with Crippen LogP contribution in [-0.4, -0.2) is 111 Å². The number of thiophene rings is 1. The zero-order valence-corrected chi connectivity index (χ0v) is 33.5. The van der Waals surface area contributed by atoms with Crippen molar-refractivity contribution in [3.63, 3.8) is 0 Å². The molecule has 0 radical (unpaired) electrons. The van der Waals surface area contributed by atoms with Gasteiger partial charge in [-0.2, -0.15) is 11.3 Å². The zero-order valence-electron chi connectivity index (χ0n) is 32.7. The average Bonchev–Trinajstić information content (AvgIpc) is 3.66. The van der Waals surface area contributed by atoms with Crippen molar-refractivity contribution in [3.8, 4) is 22.6 Å². The van der Waals surface area contributed by atoms with E-state index < -0.39 is 0 Å². The Labute approximate surface area is 325 Å². The number of carbonyl (C=O) groups is 2. The first-order valence-corrected chi connectivity index (χ1v) is 19.5. The lowest BCUT2D eigenvalue weighted by Gasteiger charge is -2.32. The predicted octanol–water partition coefficient (Wildman–Crippen LogP) is 6.45. The van der Waals surface area contributed by atoms with Gasteiger partial charge in [-0.25, -0.2) is 9.59 Å². The van der Waals surface area contributed by atoms with Gasteiger partial charge in [-0.05, 0) is 135 Å². The Bertz CT molecular complexity index is 1760. The number of phenolic OH excluding ortho intramolecular Hbond substituents is 1. The van der Waals surface area contributed by atoms with Crippen molar-refractivity contribution in [1.82, 2.24) is 30.7 Å². The first kappa shape index (κ1) is 41.9. The van der Waals surface area contributed by atoms with Crippen molar-refractivity contribution >= 4 is 23.4 Å². The Balaban J connectivity index is 1.35. The van der Waals surface area contributed by atoms with Gasteiger partial charge in [0, 0.05) is 44.3 Å². The van der Waals surface area contributed by atoms with E-state index in [0.717, 1.165) is 47.3 Å². The van der Waals surface area contributed by atoms with E-state index in [4.69, 9.17) is 4.74 Å². The fraction of sp³-hybridized carbons (Fsp3) is 0.395. The highest BCUT2D eigenvalue weighted by molar-refractivity contribution is 7.07. The van der Waals surface area contributed by atoms with E-state index in [0.29, 0.717) is 32.6 Å². The predicted molar refractivity (Wildman–Crippen MR) is 222 cm³/mol. The van der Waals surface area contributed by atoms with Crippen LogP contribution in [0.3, 0.4) is 0 Å².